The monoisotopic (exact) mass is 259 g/mol. The van der Waals surface area contributed by atoms with Crippen LogP contribution in [-0.4, -0.2) is 18.7 Å². The maximum Gasteiger partial charge on any atom is 0.237 e. The van der Waals surface area contributed by atoms with Gasteiger partial charge in [-0.25, -0.2) is 0 Å². The summed E-state index contributed by atoms with van der Waals surface area (Å²) in [6.45, 7) is 3.96. The fourth-order valence-corrected chi connectivity index (χ4v) is 2.85. The van der Waals surface area contributed by atoms with Crippen molar-refractivity contribution in [2.24, 2.45) is 0 Å². The Morgan fingerprint density at radius 1 is 1.32 bits per heavy atom. The summed E-state index contributed by atoms with van der Waals surface area (Å²) in [4.78, 5) is 26.2. The SMILES string of the molecule is CCCCC(=O)C[C@@]1(C)C(=O)N(C)c2ccccc21. The lowest BCUT2D eigenvalue weighted by Gasteiger charge is -2.22. The Morgan fingerprint density at radius 3 is 2.68 bits per heavy atom. The van der Waals surface area contributed by atoms with E-state index in [2.05, 4.69) is 6.92 Å². The molecule has 1 aromatic carbocycles. The van der Waals surface area contributed by atoms with E-state index in [1.54, 1.807) is 11.9 Å². The number of unbranched alkanes of at least 4 members (excludes halogenated alkanes) is 1. The molecule has 0 bridgehead atoms. The molecule has 0 fully saturated rings. The van der Waals surface area contributed by atoms with Gasteiger partial charge in [0.25, 0.3) is 0 Å². The molecule has 0 saturated carbocycles. The molecule has 1 aromatic rings. The third kappa shape index (κ3) is 2.29. The van der Waals surface area contributed by atoms with Gasteiger partial charge in [0.05, 0.1) is 5.41 Å². The second-order valence-electron chi connectivity index (χ2n) is 5.53. The zero-order chi connectivity index (χ0) is 14.0. The Morgan fingerprint density at radius 2 is 2.00 bits per heavy atom. The molecular formula is C16H21NO2. The number of benzene rings is 1. The third-order valence-electron chi connectivity index (χ3n) is 4.00. The molecule has 2 rings (SSSR count). The van der Waals surface area contributed by atoms with Crippen molar-refractivity contribution in [3.05, 3.63) is 29.8 Å². The molecule has 0 spiro atoms. The van der Waals surface area contributed by atoms with Gasteiger partial charge < -0.3 is 4.90 Å². The number of anilines is 1. The number of hydrogen-bond donors (Lipinski definition) is 0. The Hall–Kier alpha value is -1.64. The third-order valence-corrected chi connectivity index (χ3v) is 4.00. The van der Waals surface area contributed by atoms with Crippen molar-refractivity contribution in [3.8, 4) is 0 Å². The van der Waals surface area contributed by atoms with Gasteiger partial charge in [-0.3, -0.25) is 9.59 Å². The molecule has 19 heavy (non-hydrogen) atoms. The largest absolute Gasteiger partial charge is 0.314 e. The minimum Gasteiger partial charge on any atom is -0.314 e. The van der Waals surface area contributed by atoms with Gasteiger partial charge in [-0.05, 0) is 25.0 Å². The van der Waals surface area contributed by atoms with Gasteiger partial charge in [0, 0.05) is 25.6 Å². The fraction of sp³-hybridized carbons (Fsp3) is 0.500. The number of rotatable bonds is 5. The van der Waals surface area contributed by atoms with Crippen molar-refractivity contribution >= 4 is 17.4 Å². The van der Waals surface area contributed by atoms with Crippen LogP contribution < -0.4 is 4.90 Å². The molecule has 0 unspecified atom stereocenters. The first-order valence-corrected chi connectivity index (χ1v) is 6.90. The van der Waals surface area contributed by atoms with Crippen molar-refractivity contribution in [2.45, 2.75) is 44.9 Å². The Kier molecular flexibility index (Phi) is 3.74. The van der Waals surface area contributed by atoms with Crippen LogP contribution in [0.1, 0.15) is 45.1 Å². The second-order valence-corrected chi connectivity index (χ2v) is 5.53. The average Bonchev–Trinajstić information content (AvgIpc) is 2.60. The summed E-state index contributed by atoms with van der Waals surface area (Å²) < 4.78 is 0. The van der Waals surface area contributed by atoms with Crippen LogP contribution in [0.25, 0.3) is 0 Å². The molecule has 0 N–H and O–H groups in total. The number of carbonyl (C=O) groups excluding carboxylic acids is 2. The van der Waals surface area contributed by atoms with Gasteiger partial charge in [-0.2, -0.15) is 0 Å². The highest BCUT2D eigenvalue weighted by atomic mass is 16.2. The minimum atomic E-state index is -0.684. The van der Waals surface area contributed by atoms with E-state index in [9.17, 15) is 9.59 Å². The first-order chi connectivity index (χ1) is 9.00. The van der Waals surface area contributed by atoms with Crippen LogP contribution in [0.3, 0.4) is 0 Å². The maximum absolute atomic E-state index is 12.5. The van der Waals surface area contributed by atoms with Crippen LogP contribution >= 0.6 is 0 Å². The number of hydrogen-bond acceptors (Lipinski definition) is 2. The highest BCUT2D eigenvalue weighted by Crippen LogP contribution is 2.43. The van der Waals surface area contributed by atoms with E-state index in [1.807, 2.05) is 31.2 Å². The topological polar surface area (TPSA) is 37.4 Å². The summed E-state index contributed by atoms with van der Waals surface area (Å²) in [5, 5.41) is 0. The quantitative estimate of drug-likeness (QED) is 0.815. The zero-order valence-corrected chi connectivity index (χ0v) is 11.9. The highest BCUT2D eigenvalue weighted by molar-refractivity contribution is 6.09. The lowest BCUT2D eigenvalue weighted by Crippen LogP contribution is -2.37. The van der Waals surface area contributed by atoms with Crippen molar-refractivity contribution in [2.75, 3.05) is 11.9 Å². The number of fused-ring (bicyclic) bond motifs is 1. The van der Waals surface area contributed by atoms with Crippen LogP contribution in [0.15, 0.2) is 24.3 Å². The van der Waals surface area contributed by atoms with E-state index in [-0.39, 0.29) is 11.7 Å². The first kappa shape index (κ1) is 13.8. The van der Waals surface area contributed by atoms with Gasteiger partial charge in [0.1, 0.15) is 5.78 Å². The summed E-state index contributed by atoms with van der Waals surface area (Å²) in [5.41, 5.74) is 1.22. The zero-order valence-electron chi connectivity index (χ0n) is 11.9. The number of ketones is 1. The Balaban J connectivity index is 2.28. The van der Waals surface area contributed by atoms with E-state index < -0.39 is 5.41 Å². The molecule has 1 aliphatic rings. The molecule has 0 saturated heterocycles. The number of nitrogens with zero attached hydrogens (tertiary/aromatic N) is 1. The lowest BCUT2D eigenvalue weighted by atomic mass is 9.78. The van der Waals surface area contributed by atoms with Gasteiger partial charge in [-0.15, -0.1) is 0 Å². The smallest absolute Gasteiger partial charge is 0.237 e. The summed E-state index contributed by atoms with van der Waals surface area (Å²) in [5.74, 6) is 0.210. The van der Waals surface area contributed by atoms with Crippen LogP contribution in [0, 0.1) is 0 Å². The molecule has 1 atom stereocenters. The molecule has 1 amide bonds. The average molecular weight is 259 g/mol. The van der Waals surface area contributed by atoms with Crippen molar-refractivity contribution < 1.29 is 9.59 Å². The highest BCUT2D eigenvalue weighted by Gasteiger charge is 2.46. The van der Waals surface area contributed by atoms with Gasteiger partial charge >= 0.3 is 0 Å². The summed E-state index contributed by atoms with van der Waals surface area (Å²) in [6, 6.07) is 7.76. The second kappa shape index (κ2) is 5.16. The Bertz CT molecular complexity index is 509. The molecule has 0 aromatic heterocycles. The number of Topliss-reactive ketones (excluding diaryl/α,β-unsaturated/α-hetero) is 1. The van der Waals surface area contributed by atoms with Crippen LogP contribution in [0.4, 0.5) is 5.69 Å². The van der Waals surface area contributed by atoms with Crippen LogP contribution in [-0.2, 0) is 15.0 Å². The molecule has 3 heteroatoms. The summed E-state index contributed by atoms with van der Waals surface area (Å²) >= 11 is 0. The van der Waals surface area contributed by atoms with E-state index in [1.165, 1.54) is 0 Å². The van der Waals surface area contributed by atoms with E-state index in [4.69, 9.17) is 0 Å². The normalized spacial score (nSPS) is 21.6. The molecular weight excluding hydrogens is 238 g/mol. The van der Waals surface area contributed by atoms with Gasteiger partial charge in [0.2, 0.25) is 5.91 Å². The molecule has 0 aliphatic carbocycles. The molecule has 102 valence electrons. The van der Waals surface area contributed by atoms with Crippen LogP contribution in [0.5, 0.6) is 0 Å². The van der Waals surface area contributed by atoms with Crippen molar-refractivity contribution in [1.82, 2.24) is 0 Å². The predicted octanol–water partition coefficient (Wildman–Crippen LogP) is 3.07. The van der Waals surface area contributed by atoms with E-state index in [0.717, 1.165) is 24.1 Å². The molecule has 1 heterocycles. The number of amides is 1. The molecule has 1 aliphatic heterocycles. The van der Waals surface area contributed by atoms with E-state index >= 15 is 0 Å². The minimum absolute atomic E-state index is 0.0264. The number of carbonyl (C=O) groups is 2. The maximum atomic E-state index is 12.5. The molecule has 3 nitrogen and oxygen atoms in total. The van der Waals surface area contributed by atoms with Crippen molar-refractivity contribution in [3.63, 3.8) is 0 Å². The number of likely N-dealkylation sites (N-methyl/N-ethyl adjacent to an activating group) is 1. The Labute approximate surface area is 114 Å². The standard InChI is InChI=1S/C16H21NO2/c1-4-5-8-12(18)11-16(2)13-9-6-7-10-14(13)17(3)15(16)19/h6-7,9-10H,4-5,8,11H2,1-3H3/t16-/m1/s1. The van der Waals surface area contributed by atoms with Crippen molar-refractivity contribution in [1.29, 1.82) is 0 Å². The fourth-order valence-electron chi connectivity index (χ4n) is 2.85. The van der Waals surface area contributed by atoms with Gasteiger partial charge in [-0.1, -0.05) is 31.5 Å². The van der Waals surface area contributed by atoms with Gasteiger partial charge in [0.15, 0.2) is 0 Å². The lowest BCUT2D eigenvalue weighted by molar-refractivity contribution is -0.128. The number of para-hydroxylation sites is 1. The first-order valence-electron chi connectivity index (χ1n) is 6.90. The summed E-state index contributed by atoms with van der Waals surface area (Å²) in [6.07, 6.45) is 2.80. The predicted molar refractivity (Wildman–Crippen MR) is 76.4 cm³/mol. The van der Waals surface area contributed by atoms with Crippen LogP contribution in [0.2, 0.25) is 0 Å². The van der Waals surface area contributed by atoms with E-state index in [0.29, 0.717) is 12.8 Å². The summed E-state index contributed by atoms with van der Waals surface area (Å²) in [7, 11) is 1.78. The molecule has 0 radical (unpaired) electrons.